The van der Waals surface area contributed by atoms with E-state index in [1.807, 2.05) is 58.0 Å². The predicted molar refractivity (Wildman–Crippen MR) is 146 cm³/mol. The highest BCUT2D eigenvalue weighted by Gasteiger charge is 2.57. The summed E-state index contributed by atoms with van der Waals surface area (Å²) in [6.45, 7) is 17.2. The predicted octanol–water partition coefficient (Wildman–Crippen LogP) is 5.31. The molecule has 0 aliphatic carbocycles. The van der Waals surface area contributed by atoms with E-state index >= 15 is 0 Å². The highest BCUT2D eigenvalue weighted by Crippen LogP contribution is 2.41. The van der Waals surface area contributed by atoms with E-state index in [4.69, 9.17) is 19.9 Å². The number of primary amides is 1. The van der Waals surface area contributed by atoms with E-state index in [0.717, 1.165) is 5.56 Å². The minimum absolute atomic E-state index is 0.00179. The lowest BCUT2D eigenvalue weighted by atomic mass is 9.86. The van der Waals surface area contributed by atoms with Crippen LogP contribution in [0.15, 0.2) is 30.3 Å². The first-order valence-electron chi connectivity index (χ1n) is 13.4. The average Bonchev–Trinajstić information content (AvgIpc) is 3.03. The molecule has 9 heteroatoms. The summed E-state index contributed by atoms with van der Waals surface area (Å²) in [5.74, 6) is -0.412. The van der Waals surface area contributed by atoms with Crippen LogP contribution in [0.4, 0.5) is 9.59 Å². The number of carbonyl (C=O) groups excluding carboxylic acids is 3. The highest BCUT2D eigenvalue weighted by atomic mass is 16.6. The maximum absolute atomic E-state index is 13.6. The summed E-state index contributed by atoms with van der Waals surface area (Å²) in [4.78, 5) is 43.0. The molecule has 0 saturated carbocycles. The molecule has 3 amide bonds. The number of carbonyl (C=O) groups is 3. The lowest BCUT2D eigenvalue weighted by molar-refractivity contribution is -0.124. The molecule has 214 valence electrons. The Morgan fingerprint density at radius 1 is 1.08 bits per heavy atom. The summed E-state index contributed by atoms with van der Waals surface area (Å²) >= 11 is 0. The van der Waals surface area contributed by atoms with Gasteiger partial charge in [-0.25, -0.2) is 9.59 Å². The van der Waals surface area contributed by atoms with Crippen molar-refractivity contribution in [3.63, 3.8) is 0 Å². The van der Waals surface area contributed by atoms with Gasteiger partial charge in [0.15, 0.2) is 0 Å². The van der Waals surface area contributed by atoms with Crippen molar-refractivity contribution in [3.05, 3.63) is 35.9 Å². The molecule has 1 aromatic rings. The fourth-order valence-electron chi connectivity index (χ4n) is 5.09. The van der Waals surface area contributed by atoms with Gasteiger partial charge in [0.1, 0.15) is 24.0 Å². The third-order valence-corrected chi connectivity index (χ3v) is 6.37. The van der Waals surface area contributed by atoms with E-state index in [0.29, 0.717) is 12.8 Å². The van der Waals surface area contributed by atoms with Gasteiger partial charge in [-0.05, 0) is 64.9 Å². The number of nitrogens with two attached hydrogens (primary N) is 1. The first-order chi connectivity index (χ1) is 17.5. The van der Waals surface area contributed by atoms with Crippen LogP contribution in [0.3, 0.4) is 0 Å². The maximum atomic E-state index is 13.6. The number of amides is 3. The van der Waals surface area contributed by atoms with Crippen molar-refractivity contribution in [1.82, 2.24) is 9.80 Å². The van der Waals surface area contributed by atoms with Crippen LogP contribution in [0.2, 0.25) is 0 Å². The van der Waals surface area contributed by atoms with Crippen molar-refractivity contribution in [2.45, 2.75) is 105 Å². The van der Waals surface area contributed by atoms with E-state index in [2.05, 4.69) is 0 Å². The maximum Gasteiger partial charge on any atom is 0.413 e. The zero-order valence-electron chi connectivity index (χ0n) is 24.6. The van der Waals surface area contributed by atoms with Gasteiger partial charge in [-0.15, -0.1) is 0 Å². The second-order valence-corrected chi connectivity index (χ2v) is 12.6. The molecular weight excluding hydrogens is 486 g/mol. The van der Waals surface area contributed by atoms with Crippen LogP contribution < -0.4 is 5.73 Å². The molecule has 2 rings (SSSR count). The summed E-state index contributed by atoms with van der Waals surface area (Å²) in [5.41, 5.74) is 3.96. The molecule has 1 heterocycles. The molecule has 9 nitrogen and oxygen atoms in total. The van der Waals surface area contributed by atoms with E-state index in [-0.39, 0.29) is 31.6 Å². The smallest absolute Gasteiger partial charge is 0.413 e. The molecule has 1 aliphatic heterocycles. The first-order valence-corrected chi connectivity index (χ1v) is 13.4. The number of hydrogen-bond acceptors (Lipinski definition) is 6. The number of benzene rings is 1. The fraction of sp³-hybridized carbons (Fsp3) is 0.690. The lowest BCUT2D eigenvalue weighted by Gasteiger charge is -2.46. The van der Waals surface area contributed by atoms with Crippen LogP contribution >= 0.6 is 0 Å². The topological polar surface area (TPSA) is 111 Å². The molecule has 2 N–H and O–H groups in total. The van der Waals surface area contributed by atoms with Crippen LogP contribution in [-0.2, 0) is 25.6 Å². The van der Waals surface area contributed by atoms with Crippen molar-refractivity contribution < 1.29 is 28.6 Å². The average molecular weight is 534 g/mol. The minimum Gasteiger partial charge on any atom is -0.445 e. The van der Waals surface area contributed by atoms with Crippen molar-refractivity contribution >= 4 is 18.1 Å². The molecular formula is C29H47N3O6. The Hall–Kier alpha value is -2.81. The van der Waals surface area contributed by atoms with Gasteiger partial charge in [0.05, 0.1) is 18.7 Å². The third-order valence-electron chi connectivity index (χ3n) is 6.37. The van der Waals surface area contributed by atoms with Crippen molar-refractivity contribution in [2.75, 3.05) is 13.2 Å². The third kappa shape index (κ3) is 8.35. The number of ether oxygens (including phenoxy) is 3. The zero-order chi connectivity index (χ0) is 28.9. The van der Waals surface area contributed by atoms with E-state index in [9.17, 15) is 14.4 Å². The van der Waals surface area contributed by atoms with Crippen LogP contribution in [0.1, 0.15) is 80.7 Å². The summed E-state index contributed by atoms with van der Waals surface area (Å²) in [5, 5.41) is 0. The van der Waals surface area contributed by atoms with Gasteiger partial charge in [-0.2, -0.15) is 0 Å². The Morgan fingerprint density at radius 2 is 1.68 bits per heavy atom. The van der Waals surface area contributed by atoms with Gasteiger partial charge < -0.3 is 19.9 Å². The van der Waals surface area contributed by atoms with Gasteiger partial charge in [-0.1, -0.05) is 58.0 Å². The van der Waals surface area contributed by atoms with Crippen LogP contribution in [0.5, 0.6) is 0 Å². The van der Waals surface area contributed by atoms with Gasteiger partial charge in [0.25, 0.3) is 0 Å². The second-order valence-electron chi connectivity index (χ2n) is 12.6. The monoisotopic (exact) mass is 533 g/mol. The second kappa shape index (κ2) is 12.4. The quantitative estimate of drug-likeness (QED) is 0.436. The van der Waals surface area contributed by atoms with Crippen LogP contribution in [-0.4, -0.2) is 64.0 Å². The number of hydrogen-bond donors (Lipinski definition) is 1. The summed E-state index contributed by atoms with van der Waals surface area (Å²) in [6.07, 6.45) is -0.358. The van der Waals surface area contributed by atoms with E-state index < -0.39 is 41.0 Å². The van der Waals surface area contributed by atoms with Crippen LogP contribution in [0, 0.1) is 11.8 Å². The lowest BCUT2D eigenvalue weighted by Crippen LogP contribution is -2.64. The van der Waals surface area contributed by atoms with Gasteiger partial charge in [0, 0.05) is 0 Å². The molecule has 38 heavy (non-hydrogen) atoms. The molecule has 1 saturated heterocycles. The normalized spacial score (nSPS) is 19.9. The van der Waals surface area contributed by atoms with Crippen molar-refractivity contribution in [2.24, 2.45) is 17.6 Å². The van der Waals surface area contributed by atoms with Gasteiger partial charge in [0.2, 0.25) is 5.91 Å². The van der Waals surface area contributed by atoms with Gasteiger partial charge in [-0.3, -0.25) is 14.6 Å². The van der Waals surface area contributed by atoms with Crippen molar-refractivity contribution in [1.29, 1.82) is 0 Å². The largest absolute Gasteiger partial charge is 0.445 e. The van der Waals surface area contributed by atoms with Gasteiger partial charge >= 0.3 is 12.2 Å². The fourth-order valence-corrected chi connectivity index (χ4v) is 5.09. The van der Waals surface area contributed by atoms with Crippen LogP contribution in [0.25, 0.3) is 0 Å². The summed E-state index contributed by atoms with van der Waals surface area (Å²) in [7, 11) is 0. The van der Waals surface area contributed by atoms with Crippen molar-refractivity contribution in [3.8, 4) is 0 Å². The first kappa shape index (κ1) is 31.4. The minimum atomic E-state index is -1.00. The van der Waals surface area contributed by atoms with E-state index in [1.165, 1.54) is 4.90 Å². The zero-order valence-corrected chi connectivity index (χ0v) is 24.6. The number of rotatable bonds is 10. The molecule has 1 aromatic carbocycles. The molecule has 0 spiro atoms. The molecule has 0 radical (unpaired) electrons. The Balaban J connectivity index is 2.54. The molecule has 0 unspecified atom stereocenters. The summed E-state index contributed by atoms with van der Waals surface area (Å²) in [6, 6.07) is 8.39. The Bertz CT molecular complexity index is 957. The highest BCUT2D eigenvalue weighted by molar-refractivity contribution is 5.84. The molecule has 2 atom stereocenters. The molecule has 0 bridgehead atoms. The number of nitrogens with zero attached hydrogens (tertiary/aromatic N) is 2. The molecule has 1 fully saturated rings. The van der Waals surface area contributed by atoms with E-state index in [1.54, 1.807) is 39.5 Å². The molecule has 1 aliphatic rings. The standard InChI is InChI=1S/C29H47N3O6/c1-20(2)15-23(24(30)33)31(25(34)36-17-22-13-11-10-12-14-22)18-29(16-21(3)4)19-37-28(8,9)32(29)26(35)38-27(5,6)7/h10-14,20-21,23H,15-19H2,1-9H3,(H2,30,33)/t23-,29+/m1/s1. The Labute approximate surface area is 228 Å². The molecule has 0 aromatic heterocycles. The summed E-state index contributed by atoms with van der Waals surface area (Å²) < 4.78 is 17.7. The Morgan fingerprint density at radius 3 is 2.18 bits per heavy atom. The SMILES string of the molecule is CC(C)C[C@H](C(N)=O)N(C[C@@]1(CC(C)C)COC(C)(C)N1C(=O)OC(C)(C)C)C(=O)OCc1ccccc1. The Kier molecular flexibility index (Phi) is 10.2.